The molecule has 126 valence electrons. The molecule has 8 nitrogen and oxygen atoms in total. The highest BCUT2D eigenvalue weighted by Crippen LogP contribution is 2.24. The Morgan fingerprint density at radius 1 is 1.38 bits per heavy atom. The summed E-state index contributed by atoms with van der Waals surface area (Å²) in [5.41, 5.74) is 0.608. The van der Waals surface area contributed by atoms with E-state index in [1.165, 1.54) is 0 Å². The Balaban J connectivity index is 1.56. The van der Waals surface area contributed by atoms with Gasteiger partial charge in [0, 0.05) is 32.1 Å². The molecule has 1 saturated heterocycles. The fraction of sp³-hybridized carbons (Fsp3) is 0.438. The van der Waals surface area contributed by atoms with Crippen LogP contribution in [0.15, 0.2) is 28.9 Å². The van der Waals surface area contributed by atoms with Crippen molar-refractivity contribution in [2.45, 2.75) is 19.8 Å². The smallest absolute Gasteiger partial charge is 0.308 e. The standard InChI is InChI=1S/C16H18N4O4/c1-10-8-20(9-11(10)16(22)23)14(21)6-5-13-18-15(19-24-13)12-4-2-3-7-17-12/h2-4,7,10-11H,5-6,8-9H2,1H3,(H,22,23)/t10-,11-/m1/s1. The van der Waals surface area contributed by atoms with Gasteiger partial charge >= 0.3 is 5.97 Å². The van der Waals surface area contributed by atoms with Crippen LogP contribution in [-0.2, 0) is 16.0 Å². The molecule has 0 saturated carbocycles. The summed E-state index contributed by atoms with van der Waals surface area (Å²) in [6.45, 7) is 2.58. The lowest BCUT2D eigenvalue weighted by molar-refractivity contribution is -0.142. The van der Waals surface area contributed by atoms with Gasteiger partial charge < -0.3 is 14.5 Å². The zero-order chi connectivity index (χ0) is 17.1. The van der Waals surface area contributed by atoms with Crippen LogP contribution >= 0.6 is 0 Å². The second kappa shape index (κ2) is 6.77. The fourth-order valence-corrected chi connectivity index (χ4v) is 2.82. The molecule has 0 aliphatic carbocycles. The molecule has 0 bridgehead atoms. The highest BCUT2D eigenvalue weighted by Gasteiger charge is 2.36. The number of rotatable bonds is 5. The first-order chi connectivity index (χ1) is 11.5. The lowest BCUT2D eigenvalue weighted by atomic mass is 9.99. The number of hydrogen-bond donors (Lipinski definition) is 1. The molecule has 0 aromatic carbocycles. The Morgan fingerprint density at radius 3 is 2.88 bits per heavy atom. The number of carboxylic acid groups (broad SMARTS) is 1. The number of aliphatic carboxylic acids is 1. The van der Waals surface area contributed by atoms with Gasteiger partial charge in [-0.2, -0.15) is 4.98 Å². The normalized spacial score (nSPS) is 20.3. The number of amides is 1. The van der Waals surface area contributed by atoms with E-state index >= 15 is 0 Å². The number of likely N-dealkylation sites (tertiary alicyclic amines) is 1. The van der Waals surface area contributed by atoms with Crippen LogP contribution in [0.3, 0.4) is 0 Å². The number of carbonyl (C=O) groups excluding carboxylic acids is 1. The lowest BCUT2D eigenvalue weighted by Gasteiger charge is -2.15. The maximum absolute atomic E-state index is 12.2. The molecule has 24 heavy (non-hydrogen) atoms. The van der Waals surface area contributed by atoms with E-state index in [-0.39, 0.29) is 24.8 Å². The number of nitrogens with zero attached hydrogens (tertiary/aromatic N) is 4. The highest BCUT2D eigenvalue weighted by molar-refractivity contribution is 5.79. The molecule has 1 aliphatic heterocycles. The first-order valence-electron chi connectivity index (χ1n) is 7.79. The molecule has 1 amide bonds. The number of hydrogen-bond acceptors (Lipinski definition) is 6. The third-order valence-corrected chi connectivity index (χ3v) is 4.20. The SMILES string of the molecule is C[C@@H]1CN(C(=O)CCc2nc(-c3ccccn3)no2)C[C@H]1C(=O)O. The van der Waals surface area contributed by atoms with E-state index in [1.807, 2.05) is 13.0 Å². The first kappa shape index (κ1) is 16.1. The Labute approximate surface area is 138 Å². The summed E-state index contributed by atoms with van der Waals surface area (Å²) in [6.07, 6.45) is 2.17. The van der Waals surface area contributed by atoms with Crippen molar-refractivity contribution in [3.8, 4) is 11.5 Å². The molecule has 1 fully saturated rings. The molecule has 3 rings (SSSR count). The van der Waals surface area contributed by atoms with E-state index in [4.69, 9.17) is 9.63 Å². The second-order valence-corrected chi connectivity index (χ2v) is 5.95. The van der Waals surface area contributed by atoms with Crippen molar-refractivity contribution in [3.05, 3.63) is 30.3 Å². The van der Waals surface area contributed by atoms with Crippen LogP contribution in [0.4, 0.5) is 0 Å². The molecule has 0 unspecified atom stereocenters. The molecule has 1 N–H and O–H groups in total. The predicted octanol–water partition coefficient (Wildman–Crippen LogP) is 1.24. The Hall–Kier alpha value is -2.77. The highest BCUT2D eigenvalue weighted by atomic mass is 16.5. The molecule has 2 atom stereocenters. The van der Waals surface area contributed by atoms with Gasteiger partial charge in [-0.3, -0.25) is 14.6 Å². The van der Waals surface area contributed by atoms with E-state index in [2.05, 4.69) is 15.1 Å². The molecule has 1 aliphatic rings. The summed E-state index contributed by atoms with van der Waals surface area (Å²) < 4.78 is 5.15. The van der Waals surface area contributed by atoms with Crippen molar-refractivity contribution in [1.82, 2.24) is 20.0 Å². The number of aryl methyl sites for hydroxylation is 1. The maximum Gasteiger partial charge on any atom is 0.308 e. The van der Waals surface area contributed by atoms with Gasteiger partial charge in [0.25, 0.3) is 0 Å². The van der Waals surface area contributed by atoms with Gasteiger partial charge in [0.1, 0.15) is 5.69 Å². The molecule has 0 radical (unpaired) electrons. The summed E-state index contributed by atoms with van der Waals surface area (Å²) in [4.78, 5) is 33.3. The number of aromatic nitrogens is 3. The van der Waals surface area contributed by atoms with Crippen LogP contribution in [0.25, 0.3) is 11.5 Å². The monoisotopic (exact) mass is 330 g/mol. The molecule has 0 spiro atoms. The molecule has 8 heteroatoms. The average Bonchev–Trinajstić information content (AvgIpc) is 3.20. The average molecular weight is 330 g/mol. The van der Waals surface area contributed by atoms with Crippen LogP contribution in [0.2, 0.25) is 0 Å². The van der Waals surface area contributed by atoms with Crippen LogP contribution < -0.4 is 0 Å². The third-order valence-electron chi connectivity index (χ3n) is 4.20. The molecular formula is C16H18N4O4. The minimum absolute atomic E-state index is 0.0365. The Morgan fingerprint density at radius 2 is 2.21 bits per heavy atom. The van der Waals surface area contributed by atoms with Crippen LogP contribution in [-0.4, -0.2) is 50.1 Å². The molecule has 2 aromatic heterocycles. The van der Waals surface area contributed by atoms with E-state index < -0.39 is 11.9 Å². The summed E-state index contributed by atoms with van der Waals surface area (Å²) in [6, 6.07) is 5.40. The van der Waals surface area contributed by atoms with Crippen molar-refractivity contribution >= 4 is 11.9 Å². The van der Waals surface area contributed by atoms with Gasteiger partial charge in [0.05, 0.1) is 5.92 Å². The number of carboxylic acids is 1. The van der Waals surface area contributed by atoms with Gasteiger partial charge in [-0.1, -0.05) is 18.1 Å². The maximum atomic E-state index is 12.2. The van der Waals surface area contributed by atoms with E-state index in [1.54, 1.807) is 23.2 Å². The lowest BCUT2D eigenvalue weighted by Crippen LogP contribution is -2.30. The van der Waals surface area contributed by atoms with Crippen molar-refractivity contribution in [1.29, 1.82) is 0 Å². The zero-order valence-electron chi connectivity index (χ0n) is 13.3. The Kier molecular flexibility index (Phi) is 4.54. The fourth-order valence-electron chi connectivity index (χ4n) is 2.82. The largest absolute Gasteiger partial charge is 0.481 e. The quantitative estimate of drug-likeness (QED) is 0.878. The molecule has 2 aromatic rings. The van der Waals surface area contributed by atoms with E-state index in [9.17, 15) is 9.59 Å². The first-order valence-corrected chi connectivity index (χ1v) is 7.79. The molecule has 3 heterocycles. The van der Waals surface area contributed by atoms with Crippen molar-refractivity contribution in [2.24, 2.45) is 11.8 Å². The zero-order valence-corrected chi connectivity index (χ0v) is 13.3. The van der Waals surface area contributed by atoms with Crippen molar-refractivity contribution in [2.75, 3.05) is 13.1 Å². The van der Waals surface area contributed by atoms with Crippen LogP contribution in [0.1, 0.15) is 19.2 Å². The van der Waals surface area contributed by atoms with Crippen molar-refractivity contribution < 1.29 is 19.2 Å². The van der Waals surface area contributed by atoms with E-state index in [0.717, 1.165) is 0 Å². The summed E-state index contributed by atoms with van der Waals surface area (Å²) in [5.74, 6) is -0.721. The van der Waals surface area contributed by atoms with Crippen LogP contribution in [0.5, 0.6) is 0 Å². The van der Waals surface area contributed by atoms with Gasteiger partial charge in [-0.25, -0.2) is 0 Å². The number of pyridine rings is 1. The number of carbonyl (C=O) groups is 2. The topological polar surface area (TPSA) is 109 Å². The van der Waals surface area contributed by atoms with Gasteiger partial charge in [-0.05, 0) is 18.1 Å². The summed E-state index contributed by atoms with van der Waals surface area (Å²) >= 11 is 0. The van der Waals surface area contributed by atoms with Crippen LogP contribution in [0, 0.1) is 11.8 Å². The second-order valence-electron chi connectivity index (χ2n) is 5.95. The summed E-state index contributed by atoms with van der Waals surface area (Å²) in [7, 11) is 0. The van der Waals surface area contributed by atoms with E-state index in [0.29, 0.717) is 30.4 Å². The minimum atomic E-state index is -0.852. The van der Waals surface area contributed by atoms with Gasteiger partial charge in [-0.15, -0.1) is 0 Å². The summed E-state index contributed by atoms with van der Waals surface area (Å²) in [5, 5.41) is 13.0. The molecular weight excluding hydrogens is 312 g/mol. The minimum Gasteiger partial charge on any atom is -0.481 e. The predicted molar refractivity (Wildman–Crippen MR) is 82.7 cm³/mol. The van der Waals surface area contributed by atoms with Gasteiger partial charge in [0.2, 0.25) is 17.6 Å². The third kappa shape index (κ3) is 3.42. The van der Waals surface area contributed by atoms with Gasteiger partial charge in [0.15, 0.2) is 0 Å². The Bertz CT molecular complexity index is 731. The van der Waals surface area contributed by atoms with Crippen molar-refractivity contribution in [3.63, 3.8) is 0 Å².